The van der Waals surface area contributed by atoms with Gasteiger partial charge in [-0.05, 0) is 27.7 Å². The number of rotatable bonds is 1. The number of carbonyl (C=O) groups excluding carboxylic acids is 1. The third-order valence-corrected chi connectivity index (χ3v) is 2.16. The highest BCUT2D eigenvalue weighted by molar-refractivity contribution is 7.15. The van der Waals surface area contributed by atoms with E-state index in [0.717, 1.165) is 4.88 Å². The first-order valence-corrected chi connectivity index (χ1v) is 5.20. The van der Waals surface area contributed by atoms with Gasteiger partial charge in [-0.2, -0.15) is 0 Å². The molecule has 5 heteroatoms. The zero-order valence-electron chi connectivity index (χ0n) is 8.84. The molecule has 0 saturated carbocycles. The van der Waals surface area contributed by atoms with E-state index in [1.54, 1.807) is 6.20 Å². The Bertz CT molecular complexity index is 327. The Hall–Kier alpha value is -1.10. The molecule has 0 unspecified atom stereocenters. The number of nitrogens with zero attached hydrogens (tertiary/aromatic N) is 1. The Kier molecular flexibility index (Phi) is 3.10. The van der Waals surface area contributed by atoms with Crippen molar-refractivity contribution in [1.29, 1.82) is 0 Å². The molecule has 0 atom stereocenters. The van der Waals surface area contributed by atoms with E-state index < -0.39 is 0 Å². The zero-order chi connectivity index (χ0) is 10.8. The average molecular weight is 213 g/mol. The van der Waals surface area contributed by atoms with Gasteiger partial charge in [-0.3, -0.25) is 5.32 Å². The second-order valence-corrected chi connectivity index (χ2v) is 5.34. The molecule has 0 aliphatic carbocycles. The summed E-state index contributed by atoms with van der Waals surface area (Å²) in [5, 5.41) is 6.10. The highest BCUT2D eigenvalue weighted by Crippen LogP contribution is 2.16. The van der Waals surface area contributed by atoms with Crippen LogP contribution in [0, 0.1) is 6.92 Å². The molecule has 0 aliphatic rings. The van der Waals surface area contributed by atoms with Crippen molar-refractivity contribution in [3.05, 3.63) is 11.1 Å². The lowest BCUT2D eigenvalue weighted by Crippen LogP contribution is -2.43. The Morgan fingerprint density at radius 2 is 2.14 bits per heavy atom. The van der Waals surface area contributed by atoms with Gasteiger partial charge in [0.2, 0.25) is 0 Å². The number of urea groups is 1. The van der Waals surface area contributed by atoms with Crippen LogP contribution in [0.25, 0.3) is 0 Å². The quantitative estimate of drug-likeness (QED) is 0.752. The molecule has 2 N–H and O–H groups in total. The molecule has 14 heavy (non-hydrogen) atoms. The van der Waals surface area contributed by atoms with Crippen molar-refractivity contribution in [2.24, 2.45) is 0 Å². The van der Waals surface area contributed by atoms with E-state index in [0.29, 0.717) is 5.13 Å². The first kappa shape index (κ1) is 11.0. The lowest BCUT2D eigenvalue weighted by atomic mass is 10.1. The molecule has 78 valence electrons. The number of carbonyl (C=O) groups is 1. The smallest absolute Gasteiger partial charge is 0.321 e. The summed E-state index contributed by atoms with van der Waals surface area (Å²) >= 11 is 1.46. The van der Waals surface area contributed by atoms with Gasteiger partial charge in [-0.1, -0.05) is 0 Å². The summed E-state index contributed by atoms with van der Waals surface area (Å²) in [5.41, 5.74) is -0.226. The lowest BCUT2D eigenvalue weighted by Gasteiger charge is -2.19. The fraction of sp³-hybridized carbons (Fsp3) is 0.556. The number of anilines is 1. The van der Waals surface area contributed by atoms with Gasteiger partial charge in [0.05, 0.1) is 0 Å². The first-order chi connectivity index (χ1) is 6.37. The standard InChI is InChI=1S/C9H15N3OS/c1-6-5-10-8(14-6)11-7(13)12-9(2,3)4/h5H,1-4H3,(H2,10,11,12,13). The largest absolute Gasteiger partial charge is 0.333 e. The van der Waals surface area contributed by atoms with Gasteiger partial charge in [0.15, 0.2) is 5.13 Å². The predicted octanol–water partition coefficient (Wildman–Crippen LogP) is 2.37. The maximum Gasteiger partial charge on any atom is 0.321 e. The van der Waals surface area contributed by atoms with Crippen LogP contribution in [0.3, 0.4) is 0 Å². The normalized spacial score (nSPS) is 11.1. The van der Waals surface area contributed by atoms with Crippen LogP contribution in [0.5, 0.6) is 0 Å². The second kappa shape index (κ2) is 3.96. The topological polar surface area (TPSA) is 54.0 Å². The van der Waals surface area contributed by atoms with Gasteiger partial charge in [0.25, 0.3) is 0 Å². The lowest BCUT2D eigenvalue weighted by molar-refractivity contribution is 0.244. The van der Waals surface area contributed by atoms with E-state index >= 15 is 0 Å². The molecule has 1 aromatic heterocycles. The summed E-state index contributed by atoms with van der Waals surface area (Å²) in [6.07, 6.45) is 1.73. The van der Waals surface area contributed by atoms with Crippen molar-refractivity contribution in [2.45, 2.75) is 33.2 Å². The number of amides is 2. The van der Waals surface area contributed by atoms with E-state index in [9.17, 15) is 4.79 Å². The molecule has 0 spiro atoms. The van der Waals surface area contributed by atoms with Crippen molar-refractivity contribution in [3.63, 3.8) is 0 Å². The molecule has 0 aliphatic heterocycles. The van der Waals surface area contributed by atoms with Gasteiger partial charge in [0.1, 0.15) is 0 Å². The van der Waals surface area contributed by atoms with Crippen LogP contribution < -0.4 is 10.6 Å². The molecule has 0 bridgehead atoms. The molecule has 0 radical (unpaired) electrons. The summed E-state index contributed by atoms with van der Waals surface area (Å²) in [6, 6.07) is -0.216. The van der Waals surface area contributed by atoms with Gasteiger partial charge < -0.3 is 5.32 Å². The van der Waals surface area contributed by atoms with Crippen LogP contribution in [-0.4, -0.2) is 16.6 Å². The van der Waals surface area contributed by atoms with E-state index in [4.69, 9.17) is 0 Å². The SMILES string of the molecule is Cc1cnc(NC(=O)NC(C)(C)C)s1. The fourth-order valence-corrected chi connectivity index (χ4v) is 1.54. The Labute approximate surface area is 87.7 Å². The fourth-order valence-electron chi connectivity index (χ4n) is 0.881. The number of nitrogens with one attached hydrogen (secondary N) is 2. The summed E-state index contributed by atoms with van der Waals surface area (Å²) in [5.74, 6) is 0. The van der Waals surface area contributed by atoms with E-state index in [1.165, 1.54) is 11.3 Å². The highest BCUT2D eigenvalue weighted by Gasteiger charge is 2.14. The van der Waals surface area contributed by atoms with Crippen molar-refractivity contribution < 1.29 is 4.79 Å². The molecule has 1 heterocycles. The molecule has 0 aromatic carbocycles. The van der Waals surface area contributed by atoms with Gasteiger partial charge in [-0.15, -0.1) is 11.3 Å². The third-order valence-electron chi connectivity index (χ3n) is 1.33. The van der Waals surface area contributed by atoms with Gasteiger partial charge in [0, 0.05) is 16.6 Å². The number of aryl methyl sites for hydroxylation is 1. The number of thiazole rings is 1. The molecule has 4 nitrogen and oxygen atoms in total. The minimum Gasteiger partial charge on any atom is -0.333 e. The molecular formula is C9H15N3OS. The van der Waals surface area contributed by atoms with E-state index in [-0.39, 0.29) is 11.6 Å². The minimum atomic E-state index is -0.226. The summed E-state index contributed by atoms with van der Waals surface area (Å²) < 4.78 is 0. The van der Waals surface area contributed by atoms with Crippen LogP contribution in [0.4, 0.5) is 9.93 Å². The predicted molar refractivity (Wildman–Crippen MR) is 58.8 cm³/mol. The molecular weight excluding hydrogens is 198 g/mol. The summed E-state index contributed by atoms with van der Waals surface area (Å²) in [4.78, 5) is 16.5. The summed E-state index contributed by atoms with van der Waals surface area (Å²) in [6.45, 7) is 7.74. The van der Waals surface area contributed by atoms with Crippen LogP contribution in [0.1, 0.15) is 25.6 Å². The maximum atomic E-state index is 11.4. The second-order valence-electron chi connectivity index (χ2n) is 4.11. The van der Waals surface area contributed by atoms with Crippen molar-refractivity contribution in [2.75, 3.05) is 5.32 Å². The average Bonchev–Trinajstić information content (AvgIpc) is 2.30. The van der Waals surface area contributed by atoms with Crippen molar-refractivity contribution in [3.8, 4) is 0 Å². The zero-order valence-corrected chi connectivity index (χ0v) is 9.66. The van der Waals surface area contributed by atoms with Gasteiger partial charge in [-0.25, -0.2) is 9.78 Å². The molecule has 0 fully saturated rings. The molecule has 0 saturated heterocycles. The minimum absolute atomic E-state index is 0.216. The Morgan fingerprint density at radius 3 is 2.57 bits per heavy atom. The Morgan fingerprint density at radius 1 is 1.50 bits per heavy atom. The van der Waals surface area contributed by atoms with E-state index in [1.807, 2.05) is 27.7 Å². The van der Waals surface area contributed by atoms with Crippen LogP contribution >= 0.6 is 11.3 Å². The summed E-state index contributed by atoms with van der Waals surface area (Å²) in [7, 11) is 0. The first-order valence-electron chi connectivity index (χ1n) is 4.38. The number of hydrogen-bond acceptors (Lipinski definition) is 3. The highest BCUT2D eigenvalue weighted by atomic mass is 32.1. The molecule has 1 rings (SSSR count). The monoisotopic (exact) mass is 213 g/mol. The number of hydrogen-bond donors (Lipinski definition) is 2. The van der Waals surface area contributed by atoms with Gasteiger partial charge >= 0.3 is 6.03 Å². The van der Waals surface area contributed by atoms with Crippen molar-refractivity contribution in [1.82, 2.24) is 10.3 Å². The Balaban J connectivity index is 2.50. The van der Waals surface area contributed by atoms with Crippen LogP contribution in [0.15, 0.2) is 6.20 Å². The molecule has 1 aromatic rings. The third kappa shape index (κ3) is 3.74. The van der Waals surface area contributed by atoms with E-state index in [2.05, 4.69) is 15.6 Å². The van der Waals surface area contributed by atoms with Crippen LogP contribution in [0.2, 0.25) is 0 Å². The van der Waals surface area contributed by atoms with Crippen molar-refractivity contribution >= 4 is 22.5 Å². The number of aromatic nitrogens is 1. The van der Waals surface area contributed by atoms with Crippen LogP contribution in [-0.2, 0) is 0 Å². The maximum absolute atomic E-state index is 11.4. The molecule has 2 amide bonds.